The minimum Gasteiger partial charge on any atom is -0.354 e. The third-order valence-electron chi connectivity index (χ3n) is 16.9. The van der Waals surface area contributed by atoms with Crippen LogP contribution in [0.25, 0.3) is 33.4 Å². The van der Waals surface area contributed by atoms with Gasteiger partial charge in [0.15, 0.2) is 0 Å². The zero-order valence-corrected chi connectivity index (χ0v) is 45.3. The van der Waals surface area contributed by atoms with Crippen molar-refractivity contribution < 1.29 is 25.6 Å². The van der Waals surface area contributed by atoms with Crippen LogP contribution in [0.2, 0.25) is 0 Å². The Hall–Kier alpha value is -7.19. The molecule has 0 spiro atoms. The Bertz CT molecular complexity index is 3750. The molecule has 2 heterocycles. The standard InChI is InChI=1S/C69H57N3.Pt/c1-42(2)49-34-35-70-60(38-49)68(56-30-12-20-45(5)63(56)64-46(6)21-13-31-57(64)68)52-26-16-24-50(39-52)67(54-28-10-18-43(3)61(54)62-44(4)19-11-29-55(62)67)51-25-17-27-53(40-51)69(72-37-36-71(9)41-72)58-32-14-22-47(7)65(58)66-48(8)23-15-33-59(66)69;/h10-38,42H,1-9H3;/q-2;. The van der Waals surface area contributed by atoms with E-state index >= 15 is 0 Å². The Morgan fingerprint density at radius 2 is 0.808 bits per heavy atom. The molecule has 3 aliphatic carbocycles. The number of rotatable bonds is 7. The number of nitrogens with zero attached hydrogens (tertiary/aromatic N) is 3. The summed E-state index contributed by atoms with van der Waals surface area (Å²) in [5.74, 6) is 0.320. The molecule has 73 heavy (non-hydrogen) atoms. The van der Waals surface area contributed by atoms with Crippen LogP contribution in [0.4, 0.5) is 0 Å². The molecule has 3 nitrogen and oxygen atoms in total. The number of imidazole rings is 1. The molecular formula is C69H57N3Pt-2. The van der Waals surface area contributed by atoms with E-state index in [0.29, 0.717) is 5.92 Å². The van der Waals surface area contributed by atoms with Gasteiger partial charge in [0.25, 0.3) is 0 Å². The molecule has 13 rings (SSSR count). The largest absolute Gasteiger partial charge is 0.354 e. The van der Waals surface area contributed by atoms with Crippen molar-refractivity contribution in [3.63, 3.8) is 0 Å². The first-order chi connectivity index (χ1) is 34.9. The smallest absolute Gasteiger partial charge is 0.204 e. The SMILES string of the molecule is Cc1cccc2c1-c1c(C)cccc1C2(c1[c-]c(C2(c3cc(C(C)C)ccn3)c3cccc(C)c3-c3c(C)cccc32)ccc1)c1[c-]c(C2(n3[c-][n+](C)cc3)c3cccc(C)c3-c3c(C)cccc32)ccc1.[Pt]. The molecule has 10 aromatic rings. The molecule has 0 unspecified atom stereocenters. The Morgan fingerprint density at radius 1 is 0.452 bits per heavy atom. The Balaban J connectivity index is 0.00000543. The first kappa shape index (κ1) is 46.9. The number of hydrogen-bond donors (Lipinski definition) is 0. The molecule has 0 saturated carbocycles. The maximum absolute atomic E-state index is 5.42. The normalized spacial score (nSPS) is 14.7. The van der Waals surface area contributed by atoms with Crippen LogP contribution in [0.15, 0.2) is 176 Å². The van der Waals surface area contributed by atoms with Crippen molar-refractivity contribution in [2.75, 3.05) is 0 Å². The van der Waals surface area contributed by atoms with Gasteiger partial charge >= 0.3 is 0 Å². The Labute approximate surface area is 445 Å². The van der Waals surface area contributed by atoms with Crippen LogP contribution in [0.5, 0.6) is 0 Å². The van der Waals surface area contributed by atoms with Crippen LogP contribution in [-0.2, 0) is 44.5 Å². The topological polar surface area (TPSA) is 21.7 Å². The van der Waals surface area contributed by atoms with E-state index in [1.807, 2.05) is 10.8 Å². The van der Waals surface area contributed by atoms with Crippen LogP contribution in [-0.4, -0.2) is 9.55 Å². The maximum Gasteiger partial charge on any atom is 0.204 e. The summed E-state index contributed by atoms with van der Waals surface area (Å²) in [6.07, 6.45) is 10.1. The average Bonchev–Trinajstić information content (AvgIpc) is 4.13. The summed E-state index contributed by atoms with van der Waals surface area (Å²) >= 11 is 0. The second kappa shape index (κ2) is 16.9. The number of pyridine rings is 1. The summed E-state index contributed by atoms with van der Waals surface area (Å²) in [6, 6.07) is 68.3. The van der Waals surface area contributed by atoms with Gasteiger partial charge in [-0.2, -0.15) is 48.5 Å². The van der Waals surface area contributed by atoms with E-state index in [2.05, 4.69) is 256 Å². The fourth-order valence-electron chi connectivity index (χ4n) is 13.8. The van der Waals surface area contributed by atoms with Gasteiger partial charge in [-0.15, -0.1) is 22.3 Å². The molecule has 0 saturated heterocycles. The van der Waals surface area contributed by atoms with Gasteiger partial charge in [0.05, 0.1) is 18.2 Å². The van der Waals surface area contributed by atoms with Crippen LogP contribution >= 0.6 is 0 Å². The molecule has 2 aromatic heterocycles. The van der Waals surface area contributed by atoms with Crippen molar-refractivity contribution in [3.05, 3.63) is 295 Å². The number of aromatic nitrogens is 3. The second-order valence-electron chi connectivity index (χ2n) is 21.2. The summed E-state index contributed by atoms with van der Waals surface area (Å²) in [6.45, 7) is 18.1. The molecule has 0 N–H and O–H groups in total. The molecule has 0 fully saturated rings. The zero-order chi connectivity index (χ0) is 49.4. The maximum atomic E-state index is 5.42. The molecule has 0 radical (unpaired) electrons. The van der Waals surface area contributed by atoms with Crippen LogP contribution in [0.3, 0.4) is 0 Å². The third-order valence-corrected chi connectivity index (χ3v) is 16.9. The first-order valence-electron chi connectivity index (χ1n) is 25.5. The van der Waals surface area contributed by atoms with Gasteiger partial charge in [0.2, 0.25) is 6.33 Å². The number of aryl methyl sites for hydroxylation is 7. The summed E-state index contributed by atoms with van der Waals surface area (Å²) in [5, 5.41) is 0. The van der Waals surface area contributed by atoms with Crippen molar-refractivity contribution >= 4 is 0 Å². The molecule has 360 valence electrons. The van der Waals surface area contributed by atoms with Crippen molar-refractivity contribution in [1.29, 1.82) is 0 Å². The predicted molar refractivity (Wildman–Crippen MR) is 291 cm³/mol. The van der Waals surface area contributed by atoms with Crippen molar-refractivity contribution in [2.24, 2.45) is 7.05 Å². The van der Waals surface area contributed by atoms with Crippen molar-refractivity contribution in [1.82, 2.24) is 9.55 Å². The van der Waals surface area contributed by atoms with E-state index in [9.17, 15) is 0 Å². The fraction of sp³-hybridized carbons (Fsp3) is 0.188. The van der Waals surface area contributed by atoms with Gasteiger partial charge in [-0.25, -0.2) is 0 Å². The van der Waals surface area contributed by atoms with Crippen molar-refractivity contribution in [3.8, 4) is 33.4 Å². The van der Waals surface area contributed by atoms with Gasteiger partial charge in [-0.1, -0.05) is 123 Å². The zero-order valence-electron chi connectivity index (χ0n) is 43.0. The number of benzene rings is 8. The Kier molecular flexibility index (Phi) is 10.9. The molecule has 3 aliphatic rings. The predicted octanol–water partition coefficient (Wildman–Crippen LogP) is 14.6. The van der Waals surface area contributed by atoms with E-state index < -0.39 is 16.4 Å². The van der Waals surface area contributed by atoms with Crippen LogP contribution in [0.1, 0.15) is 120 Å². The van der Waals surface area contributed by atoms with Crippen LogP contribution in [0, 0.1) is 60.0 Å². The number of hydrogen-bond acceptors (Lipinski definition) is 1. The van der Waals surface area contributed by atoms with Gasteiger partial charge in [0, 0.05) is 43.8 Å². The molecule has 4 heteroatoms. The molecule has 0 aliphatic heterocycles. The first-order valence-corrected chi connectivity index (χ1v) is 25.5. The van der Waals surface area contributed by atoms with Gasteiger partial charge in [0.1, 0.15) is 5.54 Å². The quantitative estimate of drug-likeness (QED) is 0.115. The third kappa shape index (κ3) is 6.15. The monoisotopic (exact) mass is 1120 g/mol. The van der Waals surface area contributed by atoms with E-state index in [-0.39, 0.29) is 21.1 Å². The fourth-order valence-corrected chi connectivity index (χ4v) is 13.8. The molecule has 8 aromatic carbocycles. The molecule has 0 amide bonds. The summed E-state index contributed by atoms with van der Waals surface area (Å²) < 4.78 is 4.34. The minimum atomic E-state index is -0.831. The number of fused-ring (bicyclic) bond motifs is 9. The van der Waals surface area contributed by atoms with E-state index in [0.717, 1.165) is 27.9 Å². The summed E-state index contributed by atoms with van der Waals surface area (Å²) in [4.78, 5) is 5.42. The van der Waals surface area contributed by atoms with E-state index in [4.69, 9.17) is 4.98 Å². The van der Waals surface area contributed by atoms with Gasteiger partial charge in [-0.05, 0) is 167 Å². The van der Waals surface area contributed by atoms with E-state index in [1.165, 1.54) is 106 Å². The minimum absolute atomic E-state index is 0. The summed E-state index contributed by atoms with van der Waals surface area (Å²) in [5.41, 5.74) is 26.9. The average molecular weight is 1120 g/mol. The van der Waals surface area contributed by atoms with Gasteiger partial charge in [-0.3, -0.25) is 4.98 Å². The van der Waals surface area contributed by atoms with Crippen molar-refractivity contribution in [2.45, 2.75) is 77.7 Å². The Morgan fingerprint density at radius 3 is 1.22 bits per heavy atom. The molecule has 0 bridgehead atoms. The molecular weight excluding hydrogens is 1070 g/mol. The molecule has 0 atom stereocenters. The second-order valence-corrected chi connectivity index (χ2v) is 21.2. The van der Waals surface area contributed by atoms with Gasteiger partial charge < -0.3 is 9.13 Å². The summed E-state index contributed by atoms with van der Waals surface area (Å²) in [7, 11) is 2.06. The van der Waals surface area contributed by atoms with E-state index in [1.54, 1.807) is 0 Å². The van der Waals surface area contributed by atoms with Crippen LogP contribution < -0.4 is 4.57 Å².